The van der Waals surface area contributed by atoms with Crippen LogP contribution in [0.2, 0.25) is 0 Å². The lowest BCUT2D eigenvalue weighted by Gasteiger charge is -2.03. The molecule has 5 heteroatoms. The summed E-state index contributed by atoms with van der Waals surface area (Å²) in [5.41, 5.74) is 1.32. The average molecular weight is 417 g/mol. The molecule has 74 valence electrons. The first-order valence-corrected chi connectivity index (χ1v) is 8.05. The third-order valence-corrected chi connectivity index (χ3v) is 7.10. The van der Waals surface area contributed by atoms with Gasteiger partial charge in [-0.2, -0.15) is 11.3 Å². The maximum absolute atomic E-state index is 3.70. The van der Waals surface area contributed by atoms with Crippen LogP contribution in [0.25, 0.3) is 0 Å². The molecule has 0 bridgehead atoms. The van der Waals surface area contributed by atoms with Crippen LogP contribution in [0, 0.1) is 0 Å². The zero-order valence-corrected chi connectivity index (χ0v) is 13.2. The predicted octanol–water partition coefficient (Wildman–Crippen LogP) is 5.82. The largest absolute Gasteiger partial charge is 0.152 e. The molecule has 0 fully saturated rings. The Morgan fingerprint density at radius 3 is 2.57 bits per heavy atom. The van der Waals surface area contributed by atoms with E-state index in [4.69, 9.17) is 0 Å². The SMILES string of the molecule is Brc1cc(C(Br)c2ccsc2)sc1Br. The van der Waals surface area contributed by atoms with E-state index in [1.54, 1.807) is 22.7 Å². The molecule has 2 aromatic heterocycles. The van der Waals surface area contributed by atoms with Gasteiger partial charge in [0.2, 0.25) is 0 Å². The summed E-state index contributed by atoms with van der Waals surface area (Å²) in [6.07, 6.45) is 0. The van der Waals surface area contributed by atoms with Gasteiger partial charge < -0.3 is 0 Å². The highest BCUT2D eigenvalue weighted by atomic mass is 79.9. The number of halogens is 3. The first kappa shape index (κ1) is 11.3. The third kappa shape index (κ3) is 2.32. The van der Waals surface area contributed by atoms with E-state index >= 15 is 0 Å². The maximum Gasteiger partial charge on any atom is 0.0843 e. The van der Waals surface area contributed by atoms with E-state index in [9.17, 15) is 0 Å². The van der Waals surface area contributed by atoms with E-state index in [1.807, 2.05) is 0 Å². The maximum atomic E-state index is 3.70. The lowest BCUT2D eigenvalue weighted by atomic mass is 10.2. The molecule has 0 amide bonds. The molecule has 0 N–H and O–H groups in total. The van der Waals surface area contributed by atoms with Gasteiger partial charge in [0, 0.05) is 9.35 Å². The lowest BCUT2D eigenvalue weighted by Crippen LogP contribution is -1.84. The Labute approximate surface area is 116 Å². The minimum absolute atomic E-state index is 0.307. The Bertz CT molecular complexity index is 400. The van der Waals surface area contributed by atoms with Gasteiger partial charge in [-0.05, 0) is 60.3 Å². The summed E-state index contributed by atoms with van der Waals surface area (Å²) in [5.74, 6) is 0. The van der Waals surface area contributed by atoms with Crippen molar-refractivity contribution in [1.29, 1.82) is 0 Å². The van der Waals surface area contributed by atoms with Crippen LogP contribution in [-0.4, -0.2) is 0 Å². The molecule has 1 atom stereocenters. The van der Waals surface area contributed by atoms with Crippen molar-refractivity contribution >= 4 is 70.5 Å². The first-order chi connectivity index (χ1) is 6.68. The van der Waals surface area contributed by atoms with Crippen LogP contribution in [0.15, 0.2) is 31.2 Å². The second-order valence-electron chi connectivity index (χ2n) is 2.69. The summed E-state index contributed by atoms with van der Waals surface area (Å²) in [4.78, 5) is 1.61. The van der Waals surface area contributed by atoms with Crippen molar-refractivity contribution in [3.05, 3.63) is 41.6 Å². The van der Waals surface area contributed by atoms with Crippen molar-refractivity contribution in [1.82, 2.24) is 0 Å². The fourth-order valence-electron chi connectivity index (χ4n) is 1.07. The highest BCUT2D eigenvalue weighted by molar-refractivity contribution is 9.13. The van der Waals surface area contributed by atoms with Gasteiger partial charge in [-0.25, -0.2) is 0 Å². The van der Waals surface area contributed by atoms with Gasteiger partial charge in [-0.1, -0.05) is 15.9 Å². The second-order valence-corrected chi connectivity index (χ2v) is 7.64. The van der Waals surface area contributed by atoms with Crippen molar-refractivity contribution in [2.45, 2.75) is 4.83 Å². The Hall–Kier alpha value is 0.840. The van der Waals surface area contributed by atoms with Crippen molar-refractivity contribution in [3.63, 3.8) is 0 Å². The minimum Gasteiger partial charge on any atom is -0.152 e. The number of alkyl halides is 1. The monoisotopic (exact) mass is 414 g/mol. The summed E-state index contributed by atoms with van der Waals surface area (Å²) < 4.78 is 2.27. The molecule has 0 radical (unpaired) electrons. The minimum atomic E-state index is 0.307. The van der Waals surface area contributed by atoms with E-state index in [0.717, 1.165) is 8.26 Å². The van der Waals surface area contributed by atoms with Gasteiger partial charge in [0.05, 0.1) is 8.61 Å². The Kier molecular flexibility index (Phi) is 3.87. The van der Waals surface area contributed by atoms with Crippen LogP contribution in [0.1, 0.15) is 15.3 Å². The molecule has 0 aliphatic carbocycles. The zero-order valence-electron chi connectivity index (χ0n) is 6.84. The smallest absolute Gasteiger partial charge is 0.0843 e. The van der Waals surface area contributed by atoms with Crippen LogP contribution in [0.4, 0.5) is 0 Å². The zero-order chi connectivity index (χ0) is 10.1. The number of rotatable bonds is 2. The van der Waals surface area contributed by atoms with Crippen LogP contribution >= 0.6 is 70.5 Å². The Balaban J connectivity index is 2.32. The van der Waals surface area contributed by atoms with Gasteiger partial charge in [-0.3, -0.25) is 0 Å². The lowest BCUT2D eigenvalue weighted by molar-refractivity contribution is 1.25. The van der Waals surface area contributed by atoms with E-state index in [1.165, 1.54) is 10.4 Å². The second kappa shape index (κ2) is 4.78. The van der Waals surface area contributed by atoms with Crippen LogP contribution < -0.4 is 0 Å². The van der Waals surface area contributed by atoms with Crippen molar-refractivity contribution in [3.8, 4) is 0 Å². The fraction of sp³-hybridized carbons (Fsp3) is 0.111. The molecule has 0 spiro atoms. The average Bonchev–Trinajstić information content (AvgIpc) is 2.76. The quantitative estimate of drug-likeness (QED) is 0.541. The molecule has 2 rings (SSSR count). The molecule has 0 nitrogen and oxygen atoms in total. The summed E-state index contributed by atoms with van der Waals surface area (Å²) in [5, 5.41) is 4.27. The normalized spacial score (nSPS) is 13.1. The van der Waals surface area contributed by atoms with Crippen LogP contribution in [0.5, 0.6) is 0 Å². The number of thiophene rings is 2. The van der Waals surface area contributed by atoms with Crippen LogP contribution in [-0.2, 0) is 0 Å². The van der Waals surface area contributed by atoms with Gasteiger partial charge in [0.15, 0.2) is 0 Å². The Morgan fingerprint density at radius 1 is 1.29 bits per heavy atom. The van der Waals surface area contributed by atoms with Gasteiger partial charge in [-0.15, -0.1) is 11.3 Å². The van der Waals surface area contributed by atoms with E-state index in [0.29, 0.717) is 4.83 Å². The molecule has 2 heterocycles. The summed E-state index contributed by atoms with van der Waals surface area (Å²) in [7, 11) is 0. The molecular weight excluding hydrogens is 412 g/mol. The summed E-state index contributed by atoms with van der Waals surface area (Å²) in [6.45, 7) is 0. The third-order valence-electron chi connectivity index (χ3n) is 1.75. The molecule has 0 aliphatic rings. The number of hydrogen-bond donors (Lipinski definition) is 0. The van der Waals surface area contributed by atoms with Gasteiger partial charge >= 0.3 is 0 Å². The van der Waals surface area contributed by atoms with Gasteiger partial charge in [0.25, 0.3) is 0 Å². The predicted molar refractivity (Wildman–Crippen MR) is 74.8 cm³/mol. The molecule has 1 unspecified atom stereocenters. The molecule has 0 aromatic carbocycles. The topological polar surface area (TPSA) is 0 Å². The standard InChI is InChI=1S/C9H5Br3S2/c10-6-3-7(14-9(6)12)8(11)5-1-2-13-4-5/h1-4,8H. The van der Waals surface area contributed by atoms with Crippen LogP contribution in [0.3, 0.4) is 0 Å². The number of hydrogen-bond acceptors (Lipinski definition) is 2. The molecule has 2 aromatic rings. The molecule has 0 aliphatic heterocycles. The summed E-state index contributed by atoms with van der Waals surface area (Å²) in [6, 6.07) is 4.29. The van der Waals surface area contributed by atoms with E-state index in [-0.39, 0.29) is 0 Å². The molecule has 0 saturated heterocycles. The Morgan fingerprint density at radius 2 is 2.07 bits per heavy atom. The van der Waals surface area contributed by atoms with Crippen molar-refractivity contribution in [2.75, 3.05) is 0 Å². The first-order valence-electron chi connectivity index (χ1n) is 3.79. The van der Waals surface area contributed by atoms with Crippen molar-refractivity contribution in [2.24, 2.45) is 0 Å². The highest BCUT2D eigenvalue weighted by Crippen LogP contribution is 2.41. The van der Waals surface area contributed by atoms with E-state index < -0.39 is 0 Å². The highest BCUT2D eigenvalue weighted by Gasteiger charge is 2.14. The fourth-order valence-corrected chi connectivity index (χ4v) is 4.73. The van der Waals surface area contributed by atoms with E-state index in [2.05, 4.69) is 70.7 Å². The molecule has 14 heavy (non-hydrogen) atoms. The van der Waals surface area contributed by atoms with Gasteiger partial charge in [0.1, 0.15) is 0 Å². The molecular formula is C9H5Br3S2. The summed E-state index contributed by atoms with van der Waals surface area (Å²) >= 11 is 14.2. The molecule has 0 saturated carbocycles. The van der Waals surface area contributed by atoms with Crippen molar-refractivity contribution < 1.29 is 0 Å².